The second kappa shape index (κ2) is 5.08. The molecule has 0 aliphatic heterocycles. The molecule has 0 saturated heterocycles. The standard InChI is InChI=1S/C14H14OS/c1-11-5-7-12(8-6-11)10-15-13-3-2-4-14(16)9-13/h2-9,16H,10H2,1H3. The summed E-state index contributed by atoms with van der Waals surface area (Å²) >= 11 is 4.27. The Morgan fingerprint density at radius 3 is 2.50 bits per heavy atom. The predicted octanol–water partition coefficient (Wildman–Crippen LogP) is 3.86. The third kappa shape index (κ3) is 3.04. The van der Waals surface area contributed by atoms with Crippen molar-refractivity contribution in [3.8, 4) is 5.75 Å². The smallest absolute Gasteiger partial charge is 0.120 e. The highest BCUT2D eigenvalue weighted by molar-refractivity contribution is 7.80. The van der Waals surface area contributed by atoms with Crippen molar-refractivity contribution in [2.45, 2.75) is 18.4 Å². The van der Waals surface area contributed by atoms with E-state index in [-0.39, 0.29) is 0 Å². The first-order valence-corrected chi connectivity index (χ1v) is 5.66. The largest absolute Gasteiger partial charge is 0.489 e. The summed E-state index contributed by atoms with van der Waals surface area (Å²) in [4.78, 5) is 0.918. The van der Waals surface area contributed by atoms with E-state index in [1.54, 1.807) is 0 Å². The molecule has 0 aromatic heterocycles. The summed E-state index contributed by atoms with van der Waals surface area (Å²) in [6.07, 6.45) is 0. The number of hydrogen-bond donors (Lipinski definition) is 1. The summed E-state index contributed by atoms with van der Waals surface area (Å²) in [5, 5.41) is 0. The van der Waals surface area contributed by atoms with Crippen LogP contribution in [-0.2, 0) is 6.61 Å². The lowest BCUT2D eigenvalue weighted by atomic mass is 10.2. The average Bonchev–Trinajstić information content (AvgIpc) is 2.28. The minimum Gasteiger partial charge on any atom is -0.489 e. The third-order valence-corrected chi connectivity index (χ3v) is 2.62. The van der Waals surface area contributed by atoms with E-state index in [0.29, 0.717) is 6.61 Å². The van der Waals surface area contributed by atoms with E-state index in [1.165, 1.54) is 11.1 Å². The Morgan fingerprint density at radius 1 is 1.06 bits per heavy atom. The summed E-state index contributed by atoms with van der Waals surface area (Å²) in [6, 6.07) is 16.1. The second-order valence-corrected chi connectivity index (χ2v) is 4.29. The maximum absolute atomic E-state index is 5.66. The van der Waals surface area contributed by atoms with Crippen LogP contribution in [0.15, 0.2) is 53.4 Å². The van der Waals surface area contributed by atoms with Crippen molar-refractivity contribution >= 4 is 12.6 Å². The Labute approximate surface area is 101 Å². The number of ether oxygens (including phenoxy) is 1. The Kier molecular flexibility index (Phi) is 3.52. The van der Waals surface area contributed by atoms with Gasteiger partial charge in [-0.1, -0.05) is 35.9 Å². The minimum absolute atomic E-state index is 0.595. The molecule has 0 saturated carbocycles. The van der Waals surface area contributed by atoms with E-state index in [1.807, 2.05) is 24.3 Å². The van der Waals surface area contributed by atoms with Crippen LogP contribution in [0.5, 0.6) is 5.75 Å². The fraction of sp³-hybridized carbons (Fsp3) is 0.143. The van der Waals surface area contributed by atoms with Gasteiger partial charge in [0.15, 0.2) is 0 Å². The summed E-state index contributed by atoms with van der Waals surface area (Å²) in [6.45, 7) is 2.67. The first kappa shape index (κ1) is 11.1. The number of hydrogen-bond acceptors (Lipinski definition) is 2. The molecule has 0 unspecified atom stereocenters. The molecule has 0 heterocycles. The van der Waals surface area contributed by atoms with Crippen LogP contribution in [0, 0.1) is 6.92 Å². The maximum Gasteiger partial charge on any atom is 0.120 e. The van der Waals surface area contributed by atoms with Crippen molar-refractivity contribution in [1.82, 2.24) is 0 Å². The Bertz CT molecular complexity index is 462. The van der Waals surface area contributed by atoms with Crippen LogP contribution in [0.4, 0.5) is 0 Å². The second-order valence-electron chi connectivity index (χ2n) is 3.77. The van der Waals surface area contributed by atoms with E-state index < -0.39 is 0 Å². The van der Waals surface area contributed by atoms with Gasteiger partial charge in [-0.2, -0.15) is 0 Å². The SMILES string of the molecule is Cc1ccc(COc2cccc(S)c2)cc1. The Morgan fingerprint density at radius 2 is 1.81 bits per heavy atom. The molecule has 1 nitrogen and oxygen atoms in total. The molecule has 0 radical (unpaired) electrons. The predicted molar refractivity (Wildman–Crippen MR) is 69.2 cm³/mol. The molecule has 0 aliphatic carbocycles. The zero-order valence-electron chi connectivity index (χ0n) is 9.18. The van der Waals surface area contributed by atoms with Crippen LogP contribution in [0.1, 0.15) is 11.1 Å². The minimum atomic E-state index is 0.595. The molecule has 2 heteroatoms. The van der Waals surface area contributed by atoms with E-state index in [4.69, 9.17) is 4.74 Å². The molecule has 0 amide bonds. The molecular weight excluding hydrogens is 216 g/mol. The lowest BCUT2D eigenvalue weighted by Gasteiger charge is -2.06. The van der Waals surface area contributed by atoms with Crippen molar-refractivity contribution in [3.63, 3.8) is 0 Å². The first-order valence-electron chi connectivity index (χ1n) is 5.21. The monoisotopic (exact) mass is 230 g/mol. The van der Waals surface area contributed by atoms with Crippen molar-refractivity contribution < 1.29 is 4.74 Å². The molecule has 0 bridgehead atoms. The lowest BCUT2D eigenvalue weighted by Crippen LogP contribution is -1.95. The third-order valence-electron chi connectivity index (χ3n) is 2.34. The van der Waals surface area contributed by atoms with Crippen LogP contribution in [0.25, 0.3) is 0 Å². The van der Waals surface area contributed by atoms with E-state index in [0.717, 1.165) is 10.6 Å². The number of benzene rings is 2. The molecule has 0 atom stereocenters. The van der Waals surface area contributed by atoms with Gasteiger partial charge in [-0.25, -0.2) is 0 Å². The number of aryl methyl sites for hydroxylation is 1. The Balaban J connectivity index is 1.99. The lowest BCUT2D eigenvalue weighted by molar-refractivity contribution is 0.305. The van der Waals surface area contributed by atoms with Crippen LogP contribution >= 0.6 is 12.6 Å². The Hall–Kier alpha value is -1.41. The van der Waals surface area contributed by atoms with E-state index >= 15 is 0 Å². The fourth-order valence-electron chi connectivity index (χ4n) is 1.42. The summed E-state index contributed by atoms with van der Waals surface area (Å²) in [5.41, 5.74) is 2.44. The van der Waals surface area contributed by atoms with E-state index in [9.17, 15) is 0 Å². The summed E-state index contributed by atoms with van der Waals surface area (Å²) in [5.74, 6) is 0.855. The summed E-state index contributed by atoms with van der Waals surface area (Å²) < 4.78 is 5.66. The van der Waals surface area contributed by atoms with Gasteiger partial charge >= 0.3 is 0 Å². The zero-order chi connectivity index (χ0) is 11.4. The van der Waals surface area contributed by atoms with Gasteiger partial charge in [-0.3, -0.25) is 0 Å². The zero-order valence-corrected chi connectivity index (χ0v) is 10.1. The van der Waals surface area contributed by atoms with Gasteiger partial charge < -0.3 is 4.74 Å². The molecule has 2 aromatic rings. The fourth-order valence-corrected chi connectivity index (χ4v) is 1.64. The normalized spacial score (nSPS) is 10.1. The molecule has 82 valence electrons. The van der Waals surface area contributed by atoms with Gasteiger partial charge in [0, 0.05) is 4.90 Å². The molecular formula is C14H14OS. The van der Waals surface area contributed by atoms with Crippen LogP contribution in [0.3, 0.4) is 0 Å². The van der Waals surface area contributed by atoms with Gasteiger partial charge in [0.1, 0.15) is 12.4 Å². The number of thiol groups is 1. The van der Waals surface area contributed by atoms with Crippen molar-refractivity contribution in [2.75, 3.05) is 0 Å². The maximum atomic E-state index is 5.66. The molecule has 16 heavy (non-hydrogen) atoms. The van der Waals surface area contributed by atoms with Crippen LogP contribution < -0.4 is 4.74 Å². The van der Waals surface area contributed by atoms with Crippen LogP contribution in [0.2, 0.25) is 0 Å². The van der Waals surface area contributed by atoms with Crippen molar-refractivity contribution in [1.29, 1.82) is 0 Å². The highest BCUT2D eigenvalue weighted by Crippen LogP contribution is 2.17. The molecule has 0 aliphatic rings. The molecule has 0 N–H and O–H groups in total. The topological polar surface area (TPSA) is 9.23 Å². The quantitative estimate of drug-likeness (QED) is 0.788. The molecule has 0 spiro atoms. The van der Waals surface area contributed by atoms with Gasteiger partial charge in [0.25, 0.3) is 0 Å². The molecule has 2 aromatic carbocycles. The van der Waals surface area contributed by atoms with Crippen molar-refractivity contribution in [2.24, 2.45) is 0 Å². The average molecular weight is 230 g/mol. The van der Waals surface area contributed by atoms with Gasteiger partial charge in [-0.05, 0) is 30.7 Å². The van der Waals surface area contributed by atoms with Crippen molar-refractivity contribution in [3.05, 3.63) is 59.7 Å². The van der Waals surface area contributed by atoms with Gasteiger partial charge in [-0.15, -0.1) is 12.6 Å². The van der Waals surface area contributed by atoms with Crippen LogP contribution in [-0.4, -0.2) is 0 Å². The molecule has 2 rings (SSSR count). The summed E-state index contributed by atoms with van der Waals surface area (Å²) in [7, 11) is 0. The number of rotatable bonds is 3. The first-order chi connectivity index (χ1) is 7.74. The van der Waals surface area contributed by atoms with Gasteiger partial charge in [0.2, 0.25) is 0 Å². The highest BCUT2D eigenvalue weighted by Gasteiger charge is 1.96. The van der Waals surface area contributed by atoms with E-state index in [2.05, 4.69) is 43.8 Å². The van der Waals surface area contributed by atoms with Gasteiger partial charge in [0.05, 0.1) is 0 Å². The highest BCUT2D eigenvalue weighted by atomic mass is 32.1. The molecule has 0 fully saturated rings.